The molecule has 0 unspecified atom stereocenters. The molecule has 1 heterocycles. The molecule has 0 aliphatic carbocycles. The molecule has 0 aliphatic rings. The summed E-state index contributed by atoms with van der Waals surface area (Å²) in [5.74, 6) is 1.35. The predicted octanol–water partition coefficient (Wildman–Crippen LogP) is 3.49. The number of hydrogen-bond donors (Lipinski definition) is 0. The average Bonchev–Trinajstić information content (AvgIpc) is 3.10. The molecule has 1 aromatic heterocycles. The fourth-order valence-electron chi connectivity index (χ4n) is 2.09. The van der Waals surface area contributed by atoms with E-state index in [1.807, 2.05) is 60.7 Å². The van der Waals surface area contributed by atoms with E-state index in [-0.39, 0.29) is 5.91 Å². The zero-order valence-electron chi connectivity index (χ0n) is 13.3. The molecule has 2 aromatic carbocycles. The third kappa shape index (κ3) is 4.23. The van der Waals surface area contributed by atoms with Crippen molar-refractivity contribution in [1.82, 2.24) is 15.0 Å². The van der Waals surface area contributed by atoms with Crippen LogP contribution >= 0.6 is 11.8 Å². The topological polar surface area (TPSA) is 59.2 Å². The molecule has 0 N–H and O–H groups in total. The number of aromatic nitrogens is 2. The Kier molecular flexibility index (Phi) is 5.28. The van der Waals surface area contributed by atoms with Crippen LogP contribution in [0, 0.1) is 0 Å². The molecule has 122 valence electrons. The van der Waals surface area contributed by atoms with Gasteiger partial charge in [0.2, 0.25) is 17.6 Å². The molecular formula is C18H17N3O2S. The van der Waals surface area contributed by atoms with Gasteiger partial charge in [-0.1, -0.05) is 53.7 Å². The summed E-state index contributed by atoms with van der Waals surface area (Å²) in [6.07, 6.45) is 0. The van der Waals surface area contributed by atoms with Gasteiger partial charge in [-0.3, -0.25) is 4.79 Å². The summed E-state index contributed by atoms with van der Waals surface area (Å²) in [4.78, 5) is 19.2. The van der Waals surface area contributed by atoms with Crippen LogP contribution < -0.4 is 0 Å². The van der Waals surface area contributed by atoms with Crippen molar-refractivity contribution in [3.63, 3.8) is 0 Å². The van der Waals surface area contributed by atoms with Gasteiger partial charge in [0.15, 0.2) is 0 Å². The number of amides is 1. The van der Waals surface area contributed by atoms with Crippen LogP contribution in [0.1, 0.15) is 5.89 Å². The minimum atomic E-state index is 0.0170. The van der Waals surface area contributed by atoms with E-state index >= 15 is 0 Å². The van der Waals surface area contributed by atoms with Gasteiger partial charge in [0, 0.05) is 17.5 Å². The molecule has 0 fully saturated rings. The van der Waals surface area contributed by atoms with Gasteiger partial charge in [0.05, 0.1) is 12.3 Å². The number of benzene rings is 2. The summed E-state index contributed by atoms with van der Waals surface area (Å²) in [6, 6.07) is 19.5. The van der Waals surface area contributed by atoms with Crippen molar-refractivity contribution in [2.45, 2.75) is 11.4 Å². The van der Waals surface area contributed by atoms with E-state index in [2.05, 4.69) is 10.1 Å². The lowest BCUT2D eigenvalue weighted by molar-refractivity contribution is -0.127. The second kappa shape index (κ2) is 7.79. The van der Waals surface area contributed by atoms with Crippen LogP contribution in [0.2, 0.25) is 0 Å². The van der Waals surface area contributed by atoms with Crippen LogP contribution in [0.5, 0.6) is 0 Å². The first-order valence-electron chi connectivity index (χ1n) is 7.52. The van der Waals surface area contributed by atoms with Crippen LogP contribution in [0.3, 0.4) is 0 Å². The van der Waals surface area contributed by atoms with Gasteiger partial charge in [0.1, 0.15) is 0 Å². The third-order valence-electron chi connectivity index (χ3n) is 3.40. The van der Waals surface area contributed by atoms with Crippen molar-refractivity contribution in [1.29, 1.82) is 0 Å². The standard InChI is InChI=1S/C18H17N3O2S/c1-21(17(22)13-24-15-10-6-3-7-11-15)12-16-19-18(20-23-16)14-8-4-2-5-9-14/h2-11H,12-13H2,1H3. The lowest BCUT2D eigenvalue weighted by atomic mass is 10.2. The van der Waals surface area contributed by atoms with E-state index in [0.717, 1.165) is 10.5 Å². The summed E-state index contributed by atoms with van der Waals surface area (Å²) < 4.78 is 5.24. The van der Waals surface area contributed by atoms with E-state index in [1.54, 1.807) is 11.9 Å². The van der Waals surface area contributed by atoms with Gasteiger partial charge < -0.3 is 9.42 Å². The van der Waals surface area contributed by atoms with Crippen molar-refractivity contribution in [3.05, 3.63) is 66.6 Å². The van der Waals surface area contributed by atoms with Crippen molar-refractivity contribution >= 4 is 17.7 Å². The van der Waals surface area contributed by atoms with Gasteiger partial charge in [-0.15, -0.1) is 11.8 Å². The Balaban J connectivity index is 1.55. The van der Waals surface area contributed by atoms with Crippen LogP contribution in [0.25, 0.3) is 11.4 Å². The molecule has 0 saturated heterocycles. The first-order valence-corrected chi connectivity index (χ1v) is 8.51. The molecule has 0 aliphatic heterocycles. The Morgan fingerprint density at radius 1 is 1.08 bits per heavy atom. The summed E-state index contributed by atoms with van der Waals surface area (Å²) in [6.45, 7) is 0.300. The maximum absolute atomic E-state index is 12.2. The maximum atomic E-state index is 12.2. The highest BCUT2D eigenvalue weighted by Gasteiger charge is 2.14. The first-order chi connectivity index (χ1) is 11.7. The van der Waals surface area contributed by atoms with Crippen molar-refractivity contribution < 1.29 is 9.32 Å². The molecular weight excluding hydrogens is 322 g/mol. The summed E-state index contributed by atoms with van der Waals surface area (Å²) in [7, 11) is 1.74. The van der Waals surface area contributed by atoms with Gasteiger partial charge in [0.25, 0.3) is 0 Å². The number of rotatable bonds is 6. The fourth-order valence-corrected chi connectivity index (χ4v) is 2.95. The van der Waals surface area contributed by atoms with E-state index in [9.17, 15) is 4.79 Å². The van der Waals surface area contributed by atoms with Gasteiger partial charge >= 0.3 is 0 Å². The second-order valence-corrected chi connectivity index (χ2v) is 6.28. The molecule has 0 atom stereocenters. The molecule has 1 amide bonds. The molecule has 0 radical (unpaired) electrons. The van der Waals surface area contributed by atoms with Crippen LogP contribution in [-0.4, -0.2) is 33.7 Å². The summed E-state index contributed by atoms with van der Waals surface area (Å²) in [5.41, 5.74) is 0.890. The Labute approximate surface area is 144 Å². The summed E-state index contributed by atoms with van der Waals surface area (Å²) >= 11 is 1.51. The van der Waals surface area contributed by atoms with Gasteiger partial charge in [-0.2, -0.15) is 4.98 Å². The fraction of sp³-hybridized carbons (Fsp3) is 0.167. The van der Waals surface area contributed by atoms with Crippen molar-refractivity contribution in [3.8, 4) is 11.4 Å². The van der Waals surface area contributed by atoms with E-state index < -0.39 is 0 Å². The number of thioether (sulfide) groups is 1. The molecule has 24 heavy (non-hydrogen) atoms. The highest BCUT2D eigenvalue weighted by Crippen LogP contribution is 2.18. The maximum Gasteiger partial charge on any atom is 0.246 e. The minimum Gasteiger partial charge on any atom is -0.337 e. The predicted molar refractivity (Wildman–Crippen MR) is 93.4 cm³/mol. The highest BCUT2D eigenvalue weighted by molar-refractivity contribution is 8.00. The SMILES string of the molecule is CN(Cc1nc(-c2ccccc2)no1)C(=O)CSc1ccccc1. The van der Waals surface area contributed by atoms with Crippen LogP contribution in [-0.2, 0) is 11.3 Å². The average molecular weight is 339 g/mol. The van der Waals surface area contributed by atoms with Crippen molar-refractivity contribution in [2.75, 3.05) is 12.8 Å². The van der Waals surface area contributed by atoms with Gasteiger partial charge in [-0.05, 0) is 12.1 Å². The molecule has 3 rings (SSSR count). The molecule has 0 spiro atoms. The Hall–Kier alpha value is -2.60. The molecule has 5 nitrogen and oxygen atoms in total. The first kappa shape index (κ1) is 16.3. The van der Waals surface area contributed by atoms with E-state index in [0.29, 0.717) is 24.0 Å². The third-order valence-corrected chi connectivity index (χ3v) is 4.40. The molecule has 0 bridgehead atoms. The molecule has 3 aromatic rings. The zero-order chi connectivity index (χ0) is 16.8. The highest BCUT2D eigenvalue weighted by atomic mass is 32.2. The minimum absolute atomic E-state index is 0.0170. The van der Waals surface area contributed by atoms with Crippen LogP contribution in [0.4, 0.5) is 0 Å². The number of nitrogens with zero attached hydrogens (tertiary/aromatic N) is 3. The smallest absolute Gasteiger partial charge is 0.246 e. The Morgan fingerprint density at radius 2 is 1.75 bits per heavy atom. The monoisotopic (exact) mass is 339 g/mol. The van der Waals surface area contributed by atoms with Gasteiger partial charge in [-0.25, -0.2) is 0 Å². The normalized spacial score (nSPS) is 10.5. The lowest BCUT2D eigenvalue weighted by Crippen LogP contribution is -2.27. The van der Waals surface area contributed by atoms with Crippen molar-refractivity contribution in [2.24, 2.45) is 0 Å². The largest absolute Gasteiger partial charge is 0.337 e. The zero-order valence-corrected chi connectivity index (χ0v) is 14.1. The van der Waals surface area contributed by atoms with E-state index in [4.69, 9.17) is 4.52 Å². The molecule has 0 saturated carbocycles. The molecule has 6 heteroatoms. The number of carbonyl (C=O) groups is 1. The summed E-state index contributed by atoms with van der Waals surface area (Å²) in [5, 5.41) is 3.96. The number of carbonyl (C=O) groups excluding carboxylic acids is 1. The Morgan fingerprint density at radius 3 is 2.46 bits per heavy atom. The Bertz CT molecular complexity index is 790. The quantitative estimate of drug-likeness (QED) is 0.644. The van der Waals surface area contributed by atoms with E-state index in [1.165, 1.54) is 11.8 Å². The number of hydrogen-bond acceptors (Lipinski definition) is 5. The lowest BCUT2D eigenvalue weighted by Gasteiger charge is -2.14. The second-order valence-electron chi connectivity index (χ2n) is 5.23. The van der Waals surface area contributed by atoms with Crippen LogP contribution in [0.15, 0.2) is 70.1 Å².